The van der Waals surface area contributed by atoms with Crippen LogP contribution in [-0.2, 0) is 15.3 Å². The Kier molecular flexibility index (Phi) is 5.95. The minimum Gasteiger partial charge on any atom is -0.478 e. The molecule has 2 amide bonds. The van der Waals surface area contributed by atoms with E-state index in [2.05, 4.69) is 22.8 Å². The summed E-state index contributed by atoms with van der Waals surface area (Å²) in [5.74, 6) is 1.87. The van der Waals surface area contributed by atoms with E-state index in [1.165, 1.54) is 5.56 Å². The normalized spacial score (nSPS) is 15.7. The molecule has 1 heterocycles. The standard InChI is InChI=1S/C19H20N2O3S/c22-18(20-10-11-25-13-14-6-2-1-3-7-14)12-17-19(23)21-15-8-4-5-9-16(15)24-17/h1-9,17H,10-13H2,(H,20,22)(H,21,23)/t17-/m0/s1. The van der Waals surface area contributed by atoms with Gasteiger partial charge in [-0.3, -0.25) is 9.59 Å². The van der Waals surface area contributed by atoms with Gasteiger partial charge < -0.3 is 15.4 Å². The van der Waals surface area contributed by atoms with Crippen LogP contribution in [0.15, 0.2) is 54.6 Å². The van der Waals surface area contributed by atoms with Gasteiger partial charge in [-0.15, -0.1) is 0 Å². The summed E-state index contributed by atoms with van der Waals surface area (Å²) in [4.78, 5) is 24.0. The largest absolute Gasteiger partial charge is 0.478 e. The molecule has 5 nitrogen and oxygen atoms in total. The van der Waals surface area contributed by atoms with E-state index >= 15 is 0 Å². The third-order valence-electron chi connectivity index (χ3n) is 3.76. The first-order valence-corrected chi connectivity index (χ1v) is 9.33. The maximum atomic E-state index is 12.0. The molecule has 0 aromatic heterocycles. The summed E-state index contributed by atoms with van der Waals surface area (Å²) in [5, 5.41) is 5.60. The molecule has 0 saturated carbocycles. The van der Waals surface area contributed by atoms with Crippen LogP contribution >= 0.6 is 11.8 Å². The molecule has 1 aliphatic rings. The summed E-state index contributed by atoms with van der Waals surface area (Å²) < 4.78 is 5.62. The van der Waals surface area contributed by atoms with Crippen LogP contribution in [-0.4, -0.2) is 30.2 Å². The Hall–Kier alpha value is -2.47. The molecule has 1 atom stereocenters. The number of fused-ring (bicyclic) bond motifs is 1. The van der Waals surface area contributed by atoms with Gasteiger partial charge in [0, 0.05) is 18.1 Å². The van der Waals surface area contributed by atoms with E-state index in [0.717, 1.165) is 11.5 Å². The van der Waals surface area contributed by atoms with Crippen molar-refractivity contribution in [3.8, 4) is 5.75 Å². The molecular weight excluding hydrogens is 336 g/mol. The highest BCUT2D eigenvalue weighted by Crippen LogP contribution is 2.29. The Balaban J connectivity index is 1.37. The van der Waals surface area contributed by atoms with Crippen molar-refractivity contribution in [3.05, 3.63) is 60.2 Å². The third kappa shape index (κ3) is 5.00. The molecule has 3 rings (SSSR count). The second kappa shape index (κ2) is 8.58. The minimum absolute atomic E-state index is 0.0174. The van der Waals surface area contributed by atoms with Gasteiger partial charge in [0.2, 0.25) is 5.91 Å². The molecule has 0 unspecified atom stereocenters. The van der Waals surface area contributed by atoms with Gasteiger partial charge in [-0.1, -0.05) is 42.5 Å². The summed E-state index contributed by atoms with van der Waals surface area (Å²) in [6.07, 6.45) is -0.768. The monoisotopic (exact) mass is 356 g/mol. The number of ether oxygens (including phenoxy) is 1. The zero-order valence-electron chi connectivity index (χ0n) is 13.7. The van der Waals surface area contributed by atoms with Crippen molar-refractivity contribution in [1.82, 2.24) is 5.32 Å². The number of para-hydroxylation sites is 2. The predicted octanol–water partition coefficient (Wildman–Crippen LogP) is 2.83. The molecule has 1 aliphatic heterocycles. The zero-order chi connectivity index (χ0) is 17.5. The Morgan fingerprint density at radius 1 is 1.12 bits per heavy atom. The number of rotatable bonds is 7. The number of amides is 2. The summed E-state index contributed by atoms with van der Waals surface area (Å²) in [7, 11) is 0. The van der Waals surface area contributed by atoms with Gasteiger partial charge in [-0.25, -0.2) is 0 Å². The summed E-state index contributed by atoms with van der Waals surface area (Å²) in [6.45, 7) is 0.571. The van der Waals surface area contributed by atoms with Crippen LogP contribution in [0.2, 0.25) is 0 Å². The molecule has 2 aromatic carbocycles. The lowest BCUT2D eigenvalue weighted by molar-refractivity contribution is -0.130. The fourth-order valence-corrected chi connectivity index (χ4v) is 3.31. The Morgan fingerprint density at radius 2 is 1.88 bits per heavy atom. The lowest BCUT2D eigenvalue weighted by Gasteiger charge is -2.25. The first-order chi connectivity index (χ1) is 12.2. The van der Waals surface area contributed by atoms with E-state index in [1.54, 1.807) is 23.9 Å². The van der Waals surface area contributed by atoms with Gasteiger partial charge in [0.25, 0.3) is 5.91 Å². The average molecular weight is 356 g/mol. The first kappa shape index (κ1) is 17.4. The number of hydrogen-bond acceptors (Lipinski definition) is 4. The van der Waals surface area contributed by atoms with Gasteiger partial charge in [-0.05, 0) is 17.7 Å². The van der Waals surface area contributed by atoms with Crippen molar-refractivity contribution < 1.29 is 14.3 Å². The molecule has 0 radical (unpaired) electrons. The van der Waals surface area contributed by atoms with Crippen LogP contribution in [0.25, 0.3) is 0 Å². The second-order valence-electron chi connectivity index (χ2n) is 5.68. The van der Waals surface area contributed by atoms with Crippen molar-refractivity contribution in [2.45, 2.75) is 18.3 Å². The molecule has 0 aliphatic carbocycles. The van der Waals surface area contributed by atoms with Crippen LogP contribution < -0.4 is 15.4 Å². The quantitative estimate of drug-likeness (QED) is 0.749. The van der Waals surface area contributed by atoms with Crippen LogP contribution in [0.4, 0.5) is 5.69 Å². The van der Waals surface area contributed by atoms with E-state index in [4.69, 9.17) is 4.74 Å². The van der Waals surface area contributed by atoms with Gasteiger partial charge in [-0.2, -0.15) is 11.8 Å². The second-order valence-corrected chi connectivity index (χ2v) is 6.79. The van der Waals surface area contributed by atoms with E-state index in [-0.39, 0.29) is 18.2 Å². The molecule has 6 heteroatoms. The number of nitrogens with one attached hydrogen (secondary N) is 2. The van der Waals surface area contributed by atoms with Gasteiger partial charge in [0.05, 0.1) is 12.1 Å². The SMILES string of the molecule is O=C(C[C@@H]1Oc2ccccc2NC1=O)NCCSCc1ccccc1. The van der Waals surface area contributed by atoms with Gasteiger partial charge in [0.15, 0.2) is 6.10 Å². The van der Waals surface area contributed by atoms with Crippen LogP contribution in [0, 0.1) is 0 Å². The molecule has 0 spiro atoms. The van der Waals surface area contributed by atoms with Gasteiger partial charge in [0.1, 0.15) is 5.75 Å². The lowest BCUT2D eigenvalue weighted by Crippen LogP contribution is -2.41. The number of hydrogen-bond donors (Lipinski definition) is 2. The number of carbonyl (C=O) groups excluding carboxylic acids is 2. The minimum atomic E-state index is -0.785. The van der Waals surface area contributed by atoms with Crippen molar-refractivity contribution in [2.24, 2.45) is 0 Å². The summed E-state index contributed by atoms with van der Waals surface area (Å²) in [6, 6.07) is 17.4. The Bertz CT molecular complexity index is 736. The molecule has 25 heavy (non-hydrogen) atoms. The van der Waals surface area contributed by atoms with Crippen molar-refractivity contribution in [1.29, 1.82) is 0 Å². The molecule has 2 aromatic rings. The fraction of sp³-hybridized carbons (Fsp3) is 0.263. The highest BCUT2D eigenvalue weighted by molar-refractivity contribution is 7.98. The zero-order valence-corrected chi connectivity index (χ0v) is 14.6. The first-order valence-electron chi connectivity index (χ1n) is 8.17. The summed E-state index contributed by atoms with van der Waals surface area (Å²) in [5.41, 5.74) is 1.91. The molecule has 0 fully saturated rings. The Morgan fingerprint density at radius 3 is 2.72 bits per heavy atom. The van der Waals surface area contributed by atoms with E-state index < -0.39 is 6.10 Å². The number of carbonyl (C=O) groups is 2. The van der Waals surface area contributed by atoms with Crippen LogP contribution in [0.1, 0.15) is 12.0 Å². The van der Waals surface area contributed by atoms with Crippen LogP contribution in [0.5, 0.6) is 5.75 Å². The lowest BCUT2D eigenvalue weighted by atomic mass is 10.1. The summed E-state index contributed by atoms with van der Waals surface area (Å²) >= 11 is 1.76. The predicted molar refractivity (Wildman–Crippen MR) is 99.7 cm³/mol. The maximum absolute atomic E-state index is 12.0. The fourth-order valence-electron chi connectivity index (χ4n) is 2.49. The van der Waals surface area contributed by atoms with E-state index in [1.807, 2.05) is 30.3 Å². The number of thioether (sulfide) groups is 1. The molecule has 130 valence electrons. The molecular formula is C19H20N2O3S. The van der Waals surface area contributed by atoms with Crippen molar-refractivity contribution in [3.63, 3.8) is 0 Å². The number of benzene rings is 2. The van der Waals surface area contributed by atoms with Gasteiger partial charge >= 0.3 is 0 Å². The average Bonchev–Trinajstić information content (AvgIpc) is 2.63. The topological polar surface area (TPSA) is 67.4 Å². The smallest absolute Gasteiger partial charge is 0.266 e. The molecule has 0 saturated heterocycles. The van der Waals surface area contributed by atoms with Crippen molar-refractivity contribution >= 4 is 29.3 Å². The maximum Gasteiger partial charge on any atom is 0.266 e. The Labute approximate surface area is 151 Å². The van der Waals surface area contributed by atoms with E-state index in [9.17, 15) is 9.59 Å². The molecule has 0 bridgehead atoms. The van der Waals surface area contributed by atoms with Crippen LogP contribution in [0.3, 0.4) is 0 Å². The number of anilines is 1. The van der Waals surface area contributed by atoms with E-state index in [0.29, 0.717) is 18.0 Å². The highest BCUT2D eigenvalue weighted by atomic mass is 32.2. The highest BCUT2D eigenvalue weighted by Gasteiger charge is 2.29. The van der Waals surface area contributed by atoms with Crippen molar-refractivity contribution in [2.75, 3.05) is 17.6 Å². The molecule has 2 N–H and O–H groups in total. The third-order valence-corrected chi connectivity index (χ3v) is 4.79.